The molecule has 1 aromatic rings. The standard InChI is InChI=1S/C15H20ClN3/c1-19-10-5-6-11(19)8-9(7-10)15-17-13-4-2-3-12(13)14(16)18-15/h9-11H,2-8H2,1H3. The number of aryl methyl sites for hydroxylation is 1. The number of aromatic nitrogens is 2. The first-order valence-electron chi connectivity index (χ1n) is 7.49. The summed E-state index contributed by atoms with van der Waals surface area (Å²) in [5, 5.41) is 0.726. The van der Waals surface area contributed by atoms with Crippen molar-refractivity contribution in [3.05, 3.63) is 22.2 Å². The molecule has 0 N–H and O–H groups in total. The van der Waals surface area contributed by atoms with Gasteiger partial charge in [-0.15, -0.1) is 0 Å². The molecule has 4 heteroatoms. The van der Waals surface area contributed by atoms with Crippen LogP contribution in [0.1, 0.15) is 55.1 Å². The van der Waals surface area contributed by atoms with Crippen LogP contribution in [0, 0.1) is 0 Å². The van der Waals surface area contributed by atoms with E-state index in [2.05, 4.69) is 16.9 Å². The fourth-order valence-electron chi connectivity index (χ4n) is 4.21. The van der Waals surface area contributed by atoms with E-state index in [0.717, 1.165) is 35.9 Å². The molecule has 1 aromatic heterocycles. The molecule has 0 radical (unpaired) electrons. The molecule has 2 bridgehead atoms. The molecule has 0 saturated carbocycles. The number of halogens is 1. The normalized spacial score (nSPS) is 33.7. The molecule has 0 aromatic carbocycles. The van der Waals surface area contributed by atoms with Crippen LogP contribution in [-0.4, -0.2) is 34.0 Å². The van der Waals surface area contributed by atoms with E-state index in [-0.39, 0.29) is 0 Å². The summed E-state index contributed by atoms with van der Waals surface area (Å²) in [4.78, 5) is 12.0. The van der Waals surface area contributed by atoms with Crippen molar-refractivity contribution in [2.45, 2.75) is 62.9 Å². The van der Waals surface area contributed by atoms with E-state index in [0.29, 0.717) is 5.92 Å². The molecule has 2 saturated heterocycles. The molecule has 0 amide bonds. The fourth-order valence-corrected chi connectivity index (χ4v) is 4.50. The lowest BCUT2D eigenvalue weighted by Crippen LogP contribution is -2.39. The number of nitrogens with zero attached hydrogens (tertiary/aromatic N) is 3. The van der Waals surface area contributed by atoms with Crippen LogP contribution < -0.4 is 0 Å². The summed E-state index contributed by atoms with van der Waals surface area (Å²) in [5.74, 6) is 1.55. The highest BCUT2D eigenvalue weighted by molar-refractivity contribution is 6.30. The van der Waals surface area contributed by atoms with Crippen LogP contribution in [-0.2, 0) is 12.8 Å². The SMILES string of the molecule is CN1C2CCC1CC(c1nc(Cl)c3c(n1)CCC3)C2. The minimum Gasteiger partial charge on any atom is -0.300 e. The van der Waals surface area contributed by atoms with Crippen molar-refractivity contribution in [3.63, 3.8) is 0 Å². The first-order chi connectivity index (χ1) is 9.22. The minimum atomic E-state index is 0.525. The van der Waals surface area contributed by atoms with Crippen LogP contribution in [0.5, 0.6) is 0 Å². The Hall–Kier alpha value is -0.670. The van der Waals surface area contributed by atoms with Gasteiger partial charge in [-0.25, -0.2) is 9.97 Å². The van der Waals surface area contributed by atoms with Gasteiger partial charge in [0.2, 0.25) is 0 Å². The highest BCUT2D eigenvalue weighted by Crippen LogP contribution is 2.41. The summed E-state index contributed by atoms with van der Waals surface area (Å²) in [7, 11) is 2.27. The van der Waals surface area contributed by atoms with E-state index < -0.39 is 0 Å². The van der Waals surface area contributed by atoms with Gasteiger partial charge in [0.15, 0.2) is 0 Å². The van der Waals surface area contributed by atoms with Gasteiger partial charge in [0.1, 0.15) is 11.0 Å². The van der Waals surface area contributed by atoms with Crippen LogP contribution in [0.25, 0.3) is 0 Å². The molecule has 3 aliphatic rings. The third-order valence-electron chi connectivity index (χ3n) is 5.36. The van der Waals surface area contributed by atoms with Crippen molar-refractivity contribution in [2.75, 3.05) is 7.05 Å². The largest absolute Gasteiger partial charge is 0.300 e. The number of hydrogen-bond donors (Lipinski definition) is 0. The first kappa shape index (κ1) is 12.1. The first-order valence-corrected chi connectivity index (χ1v) is 7.87. The quantitative estimate of drug-likeness (QED) is 0.739. The zero-order valence-corrected chi connectivity index (χ0v) is 12.2. The van der Waals surface area contributed by atoms with Crippen molar-refractivity contribution < 1.29 is 0 Å². The summed E-state index contributed by atoms with van der Waals surface area (Å²) >= 11 is 6.35. The Morgan fingerprint density at radius 3 is 2.58 bits per heavy atom. The predicted molar refractivity (Wildman–Crippen MR) is 75.6 cm³/mol. The van der Waals surface area contributed by atoms with Gasteiger partial charge < -0.3 is 4.90 Å². The monoisotopic (exact) mass is 277 g/mol. The summed E-state index contributed by atoms with van der Waals surface area (Å²) < 4.78 is 0. The molecule has 2 aliphatic heterocycles. The molecule has 1 aliphatic carbocycles. The zero-order valence-electron chi connectivity index (χ0n) is 11.4. The fraction of sp³-hybridized carbons (Fsp3) is 0.733. The van der Waals surface area contributed by atoms with Crippen molar-refractivity contribution in [1.29, 1.82) is 0 Å². The lowest BCUT2D eigenvalue weighted by atomic mass is 9.90. The molecular weight excluding hydrogens is 258 g/mol. The Morgan fingerprint density at radius 1 is 1.11 bits per heavy atom. The third-order valence-corrected chi connectivity index (χ3v) is 5.68. The van der Waals surface area contributed by atoms with Gasteiger partial charge in [-0.3, -0.25) is 0 Å². The molecule has 19 heavy (non-hydrogen) atoms. The van der Waals surface area contributed by atoms with Gasteiger partial charge >= 0.3 is 0 Å². The Bertz CT molecular complexity index is 502. The van der Waals surface area contributed by atoms with Gasteiger partial charge in [0.05, 0.1) is 0 Å². The van der Waals surface area contributed by atoms with Gasteiger partial charge in [0.25, 0.3) is 0 Å². The molecule has 0 spiro atoms. The summed E-state index contributed by atoms with van der Waals surface area (Å²) in [6, 6.07) is 1.47. The van der Waals surface area contributed by atoms with E-state index >= 15 is 0 Å². The van der Waals surface area contributed by atoms with Crippen molar-refractivity contribution >= 4 is 11.6 Å². The van der Waals surface area contributed by atoms with Crippen molar-refractivity contribution in [1.82, 2.24) is 14.9 Å². The van der Waals surface area contributed by atoms with Gasteiger partial charge in [-0.2, -0.15) is 0 Å². The molecule has 2 fully saturated rings. The Kier molecular flexibility index (Phi) is 2.82. The maximum Gasteiger partial charge on any atom is 0.136 e. The topological polar surface area (TPSA) is 29.0 Å². The average Bonchev–Trinajstić information content (AvgIpc) is 2.92. The summed E-state index contributed by atoms with van der Waals surface area (Å²) in [6.45, 7) is 0. The lowest BCUT2D eigenvalue weighted by Gasteiger charge is -2.35. The number of rotatable bonds is 1. The highest BCUT2D eigenvalue weighted by Gasteiger charge is 2.40. The highest BCUT2D eigenvalue weighted by atomic mass is 35.5. The van der Waals surface area contributed by atoms with Gasteiger partial charge in [0, 0.05) is 29.3 Å². The third kappa shape index (κ3) is 1.90. The average molecular weight is 278 g/mol. The van der Waals surface area contributed by atoms with Crippen LogP contribution in [0.2, 0.25) is 5.15 Å². The molecule has 3 heterocycles. The Balaban J connectivity index is 1.65. The lowest BCUT2D eigenvalue weighted by molar-refractivity contribution is 0.159. The van der Waals surface area contributed by atoms with E-state index in [1.54, 1.807) is 0 Å². The smallest absolute Gasteiger partial charge is 0.136 e. The summed E-state index contributed by atoms with van der Waals surface area (Å²) in [5.41, 5.74) is 2.43. The number of piperidine rings is 1. The maximum atomic E-state index is 6.35. The van der Waals surface area contributed by atoms with E-state index in [4.69, 9.17) is 16.6 Å². The van der Waals surface area contributed by atoms with Crippen LogP contribution in [0.3, 0.4) is 0 Å². The molecular formula is C15H20ClN3. The molecule has 3 nitrogen and oxygen atoms in total. The second kappa shape index (κ2) is 4.42. The van der Waals surface area contributed by atoms with E-state index in [9.17, 15) is 0 Å². The van der Waals surface area contributed by atoms with Crippen LogP contribution in [0.4, 0.5) is 0 Å². The van der Waals surface area contributed by atoms with Crippen molar-refractivity contribution in [2.24, 2.45) is 0 Å². The second-order valence-electron chi connectivity index (χ2n) is 6.37. The second-order valence-corrected chi connectivity index (χ2v) is 6.73. The van der Waals surface area contributed by atoms with E-state index in [1.807, 2.05) is 0 Å². The molecule has 2 atom stereocenters. The predicted octanol–water partition coefficient (Wildman–Crippen LogP) is 2.96. The van der Waals surface area contributed by atoms with Crippen molar-refractivity contribution in [3.8, 4) is 0 Å². The van der Waals surface area contributed by atoms with Crippen LogP contribution >= 0.6 is 11.6 Å². The van der Waals surface area contributed by atoms with E-state index in [1.165, 1.54) is 43.4 Å². The number of hydrogen-bond acceptors (Lipinski definition) is 3. The zero-order chi connectivity index (χ0) is 13.0. The maximum absolute atomic E-state index is 6.35. The number of fused-ring (bicyclic) bond motifs is 3. The molecule has 2 unspecified atom stereocenters. The molecule has 102 valence electrons. The minimum absolute atomic E-state index is 0.525. The summed E-state index contributed by atoms with van der Waals surface area (Å²) in [6.07, 6.45) is 8.44. The molecule has 4 rings (SSSR count). The van der Waals surface area contributed by atoms with Gasteiger partial charge in [-0.05, 0) is 52.0 Å². The van der Waals surface area contributed by atoms with Crippen LogP contribution in [0.15, 0.2) is 0 Å². The Morgan fingerprint density at radius 2 is 1.84 bits per heavy atom. The Labute approximate surface area is 119 Å². The van der Waals surface area contributed by atoms with Gasteiger partial charge in [-0.1, -0.05) is 11.6 Å².